The van der Waals surface area contributed by atoms with Crippen LogP contribution in [0.15, 0.2) is 53.3 Å². The van der Waals surface area contributed by atoms with Crippen LogP contribution >= 0.6 is 0 Å². The summed E-state index contributed by atoms with van der Waals surface area (Å²) >= 11 is 0. The second kappa shape index (κ2) is 5.40. The molecule has 0 spiro atoms. The molecule has 0 unspecified atom stereocenters. The SMILES string of the molecule is CC(C)c1cc(=O)[nH]c(Nc2ccc3ccccc3c2)n1. The number of aromatic nitrogens is 2. The fourth-order valence-electron chi connectivity index (χ4n) is 2.24. The van der Waals surface area contributed by atoms with E-state index in [0.717, 1.165) is 16.8 Å². The molecule has 2 N–H and O–H groups in total. The Morgan fingerprint density at radius 3 is 2.57 bits per heavy atom. The number of nitrogens with zero attached hydrogens (tertiary/aromatic N) is 1. The van der Waals surface area contributed by atoms with Gasteiger partial charge in [0, 0.05) is 11.8 Å². The first-order chi connectivity index (χ1) is 10.1. The lowest BCUT2D eigenvalue weighted by Crippen LogP contribution is -2.12. The average Bonchev–Trinajstić information content (AvgIpc) is 2.46. The van der Waals surface area contributed by atoms with Gasteiger partial charge in [0.15, 0.2) is 0 Å². The van der Waals surface area contributed by atoms with Gasteiger partial charge in [0.2, 0.25) is 5.95 Å². The van der Waals surface area contributed by atoms with Crippen molar-refractivity contribution in [2.45, 2.75) is 19.8 Å². The number of nitrogens with one attached hydrogen (secondary N) is 2. The quantitative estimate of drug-likeness (QED) is 0.767. The number of fused-ring (bicyclic) bond motifs is 1. The molecule has 3 rings (SSSR count). The van der Waals surface area contributed by atoms with Crippen LogP contribution in [0.25, 0.3) is 10.8 Å². The second-order valence-corrected chi connectivity index (χ2v) is 5.36. The molecule has 0 fully saturated rings. The minimum atomic E-state index is -0.142. The van der Waals surface area contributed by atoms with Crippen molar-refractivity contribution in [2.75, 3.05) is 5.32 Å². The van der Waals surface area contributed by atoms with Gasteiger partial charge >= 0.3 is 0 Å². The Morgan fingerprint density at radius 1 is 1.05 bits per heavy atom. The maximum atomic E-state index is 11.7. The van der Waals surface area contributed by atoms with Crippen molar-refractivity contribution >= 4 is 22.4 Å². The molecule has 0 aliphatic rings. The molecule has 4 heteroatoms. The Hall–Kier alpha value is -2.62. The van der Waals surface area contributed by atoms with Crippen molar-refractivity contribution in [1.29, 1.82) is 0 Å². The fraction of sp³-hybridized carbons (Fsp3) is 0.176. The number of anilines is 2. The van der Waals surface area contributed by atoms with Gasteiger partial charge in [-0.15, -0.1) is 0 Å². The van der Waals surface area contributed by atoms with E-state index in [4.69, 9.17) is 0 Å². The van der Waals surface area contributed by atoms with E-state index < -0.39 is 0 Å². The Labute approximate surface area is 122 Å². The number of hydrogen-bond acceptors (Lipinski definition) is 3. The lowest BCUT2D eigenvalue weighted by molar-refractivity contribution is 0.812. The first-order valence-corrected chi connectivity index (χ1v) is 6.99. The molecule has 106 valence electrons. The Kier molecular flexibility index (Phi) is 3.44. The topological polar surface area (TPSA) is 57.8 Å². The van der Waals surface area contributed by atoms with Gasteiger partial charge in [0.25, 0.3) is 5.56 Å². The van der Waals surface area contributed by atoms with Crippen LogP contribution in [-0.2, 0) is 0 Å². The van der Waals surface area contributed by atoms with E-state index in [2.05, 4.69) is 27.4 Å². The van der Waals surface area contributed by atoms with E-state index in [1.807, 2.05) is 44.2 Å². The highest BCUT2D eigenvalue weighted by atomic mass is 16.1. The van der Waals surface area contributed by atoms with Crippen LogP contribution in [-0.4, -0.2) is 9.97 Å². The first kappa shape index (κ1) is 13.4. The Morgan fingerprint density at radius 2 is 1.81 bits per heavy atom. The first-order valence-electron chi connectivity index (χ1n) is 6.99. The summed E-state index contributed by atoms with van der Waals surface area (Å²) in [6, 6.07) is 15.7. The predicted molar refractivity (Wildman–Crippen MR) is 86.2 cm³/mol. The highest BCUT2D eigenvalue weighted by Crippen LogP contribution is 2.21. The van der Waals surface area contributed by atoms with Gasteiger partial charge in [-0.1, -0.05) is 44.2 Å². The third-order valence-electron chi connectivity index (χ3n) is 3.37. The van der Waals surface area contributed by atoms with E-state index in [-0.39, 0.29) is 11.5 Å². The van der Waals surface area contributed by atoms with E-state index in [0.29, 0.717) is 5.95 Å². The Balaban J connectivity index is 1.96. The molecule has 21 heavy (non-hydrogen) atoms. The van der Waals surface area contributed by atoms with Gasteiger partial charge < -0.3 is 5.32 Å². The maximum absolute atomic E-state index is 11.7. The summed E-state index contributed by atoms with van der Waals surface area (Å²) in [5, 5.41) is 5.49. The van der Waals surface area contributed by atoms with Crippen molar-refractivity contribution in [2.24, 2.45) is 0 Å². The Bertz CT molecular complexity index is 837. The zero-order valence-corrected chi connectivity index (χ0v) is 12.1. The van der Waals surface area contributed by atoms with Crippen LogP contribution in [0.5, 0.6) is 0 Å². The minimum Gasteiger partial charge on any atom is -0.326 e. The highest BCUT2D eigenvalue weighted by molar-refractivity contribution is 5.86. The van der Waals surface area contributed by atoms with Crippen LogP contribution < -0.4 is 10.9 Å². The zero-order valence-electron chi connectivity index (χ0n) is 12.1. The van der Waals surface area contributed by atoms with Crippen LogP contribution in [0.2, 0.25) is 0 Å². The summed E-state index contributed by atoms with van der Waals surface area (Å²) < 4.78 is 0. The molecule has 1 aromatic heterocycles. The van der Waals surface area contributed by atoms with Gasteiger partial charge in [-0.3, -0.25) is 9.78 Å². The maximum Gasteiger partial charge on any atom is 0.252 e. The summed E-state index contributed by atoms with van der Waals surface area (Å²) in [7, 11) is 0. The lowest BCUT2D eigenvalue weighted by Gasteiger charge is -2.09. The molecular formula is C17H17N3O. The smallest absolute Gasteiger partial charge is 0.252 e. The monoisotopic (exact) mass is 279 g/mol. The third-order valence-corrected chi connectivity index (χ3v) is 3.37. The van der Waals surface area contributed by atoms with Crippen molar-refractivity contribution in [3.63, 3.8) is 0 Å². The molecule has 2 aromatic carbocycles. The number of H-pyrrole nitrogens is 1. The van der Waals surface area contributed by atoms with E-state index >= 15 is 0 Å². The van der Waals surface area contributed by atoms with Crippen molar-refractivity contribution in [3.8, 4) is 0 Å². The lowest BCUT2D eigenvalue weighted by atomic mass is 10.1. The minimum absolute atomic E-state index is 0.142. The standard InChI is InChI=1S/C17H17N3O/c1-11(2)15-10-16(21)20-17(19-15)18-14-8-7-12-5-3-4-6-13(12)9-14/h3-11H,1-2H3,(H2,18,19,20,21). The van der Waals surface area contributed by atoms with Crippen LogP contribution in [0.1, 0.15) is 25.5 Å². The van der Waals surface area contributed by atoms with E-state index in [9.17, 15) is 4.79 Å². The van der Waals surface area contributed by atoms with Gasteiger partial charge in [-0.2, -0.15) is 0 Å². The summed E-state index contributed by atoms with van der Waals surface area (Å²) in [5.41, 5.74) is 1.54. The van der Waals surface area contributed by atoms with E-state index in [1.54, 1.807) is 0 Å². The molecule has 0 saturated carbocycles. The second-order valence-electron chi connectivity index (χ2n) is 5.36. The van der Waals surface area contributed by atoms with Gasteiger partial charge in [0.05, 0.1) is 5.69 Å². The number of hydrogen-bond donors (Lipinski definition) is 2. The normalized spacial score (nSPS) is 11.0. The average molecular weight is 279 g/mol. The molecule has 0 radical (unpaired) electrons. The zero-order chi connectivity index (χ0) is 14.8. The largest absolute Gasteiger partial charge is 0.326 e. The molecular weight excluding hydrogens is 262 g/mol. The predicted octanol–water partition coefficient (Wildman–Crippen LogP) is 3.79. The molecule has 4 nitrogen and oxygen atoms in total. The molecule has 1 heterocycles. The number of aromatic amines is 1. The highest BCUT2D eigenvalue weighted by Gasteiger charge is 2.05. The molecule has 0 atom stereocenters. The van der Waals surface area contributed by atoms with Gasteiger partial charge in [-0.25, -0.2) is 4.98 Å². The van der Waals surface area contributed by atoms with Gasteiger partial charge in [-0.05, 0) is 28.8 Å². The van der Waals surface area contributed by atoms with Crippen molar-refractivity contribution in [3.05, 3.63) is 64.6 Å². The van der Waals surface area contributed by atoms with Crippen LogP contribution in [0.3, 0.4) is 0 Å². The molecule has 0 amide bonds. The van der Waals surface area contributed by atoms with E-state index in [1.165, 1.54) is 11.5 Å². The molecule has 0 saturated heterocycles. The van der Waals surface area contributed by atoms with Crippen LogP contribution in [0.4, 0.5) is 11.6 Å². The molecule has 0 aliphatic carbocycles. The summed E-state index contributed by atoms with van der Waals surface area (Å²) in [6.45, 7) is 4.03. The summed E-state index contributed by atoms with van der Waals surface area (Å²) in [6.07, 6.45) is 0. The fourth-order valence-corrected chi connectivity index (χ4v) is 2.24. The number of benzene rings is 2. The third kappa shape index (κ3) is 2.94. The molecule has 3 aromatic rings. The molecule has 0 aliphatic heterocycles. The van der Waals surface area contributed by atoms with Crippen molar-refractivity contribution < 1.29 is 0 Å². The van der Waals surface area contributed by atoms with Crippen molar-refractivity contribution in [1.82, 2.24) is 9.97 Å². The number of rotatable bonds is 3. The van der Waals surface area contributed by atoms with Crippen LogP contribution in [0, 0.1) is 0 Å². The van der Waals surface area contributed by atoms with Gasteiger partial charge in [0.1, 0.15) is 0 Å². The molecule has 0 bridgehead atoms. The summed E-state index contributed by atoms with van der Waals surface area (Å²) in [4.78, 5) is 18.8. The summed E-state index contributed by atoms with van der Waals surface area (Å²) in [5.74, 6) is 0.686.